The van der Waals surface area contributed by atoms with E-state index in [2.05, 4.69) is 0 Å². The van der Waals surface area contributed by atoms with E-state index in [1.165, 1.54) is 10.3 Å². The van der Waals surface area contributed by atoms with Crippen LogP contribution in [0.2, 0.25) is 0 Å². The first kappa shape index (κ1) is 16.7. The van der Waals surface area contributed by atoms with E-state index in [-0.39, 0.29) is 5.56 Å². The maximum Gasteiger partial charge on any atom is 0.337 e. The number of halogens is 1. The molecular formula is C20H16ClNO4. The molecule has 3 aromatic rings. The summed E-state index contributed by atoms with van der Waals surface area (Å²) in [7, 11) is 0. The number of hydrogen-bond acceptors (Lipinski definition) is 2. The zero-order valence-corrected chi connectivity index (χ0v) is 14.5. The highest BCUT2D eigenvalue weighted by Crippen LogP contribution is 2.44. The summed E-state index contributed by atoms with van der Waals surface area (Å²) in [5.41, 5.74) is 2.59. The smallest absolute Gasteiger partial charge is 0.337 e. The lowest BCUT2D eigenvalue weighted by Gasteiger charge is -2.38. The van der Waals surface area contributed by atoms with Crippen LogP contribution in [0.4, 0.5) is 0 Å². The molecule has 1 saturated carbocycles. The van der Waals surface area contributed by atoms with Crippen molar-refractivity contribution < 1.29 is 19.8 Å². The van der Waals surface area contributed by atoms with Gasteiger partial charge in [0.15, 0.2) is 0 Å². The number of carboxylic acids is 2. The fourth-order valence-corrected chi connectivity index (χ4v) is 3.92. The van der Waals surface area contributed by atoms with E-state index >= 15 is 0 Å². The Hall–Kier alpha value is -2.79. The first-order chi connectivity index (χ1) is 12.4. The van der Waals surface area contributed by atoms with Gasteiger partial charge < -0.3 is 10.2 Å². The number of aromatic carboxylic acids is 1. The van der Waals surface area contributed by atoms with Crippen LogP contribution in [0.25, 0.3) is 22.0 Å². The Bertz CT molecular complexity index is 1030. The number of hydrogen-bond donors (Lipinski definition) is 2. The SMILES string of the molecule is O=C(O)c1cn(Cl)c2ccc(-c3ccc(C4(C(=O)O)CCC4)cc3)cc12. The van der Waals surface area contributed by atoms with Crippen molar-refractivity contribution in [1.82, 2.24) is 4.09 Å². The predicted molar refractivity (Wildman–Crippen MR) is 98.7 cm³/mol. The van der Waals surface area contributed by atoms with Crippen LogP contribution in [0.1, 0.15) is 35.2 Å². The van der Waals surface area contributed by atoms with Gasteiger partial charge in [-0.05, 0) is 41.7 Å². The van der Waals surface area contributed by atoms with Crippen LogP contribution in [0, 0.1) is 0 Å². The molecule has 132 valence electrons. The van der Waals surface area contributed by atoms with Crippen molar-refractivity contribution in [3.8, 4) is 11.1 Å². The number of benzene rings is 2. The van der Waals surface area contributed by atoms with E-state index in [0.717, 1.165) is 23.1 Å². The molecule has 26 heavy (non-hydrogen) atoms. The first-order valence-corrected chi connectivity index (χ1v) is 8.65. The van der Waals surface area contributed by atoms with E-state index in [9.17, 15) is 19.8 Å². The summed E-state index contributed by atoms with van der Waals surface area (Å²) in [4.78, 5) is 23.0. The molecule has 0 amide bonds. The van der Waals surface area contributed by atoms with Crippen molar-refractivity contribution in [1.29, 1.82) is 0 Å². The molecule has 1 aliphatic rings. The highest BCUT2D eigenvalue weighted by Gasteiger charge is 2.45. The summed E-state index contributed by atoms with van der Waals surface area (Å²) >= 11 is 6.04. The van der Waals surface area contributed by atoms with Gasteiger partial charge in [-0.1, -0.05) is 36.8 Å². The third-order valence-electron chi connectivity index (χ3n) is 5.38. The molecule has 1 heterocycles. The maximum absolute atomic E-state index is 11.6. The van der Waals surface area contributed by atoms with Crippen LogP contribution in [0.15, 0.2) is 48.7 Å². The minimum Gasteiger partial charge on any atom is -0.481 e. The van der Waals surface area contributed by atoms with Crippen molar-refractivity contribution in [2.45, 2.75) is 24.7 Å². The first-order valence-electron chi connectivity index (χ1n) is 8.31. The number of aromatic nitrogens is 1. The second-order valence-electron chi connectivity index (χ2n) is 6.71. The number of carbonyl (C=O) groups is 2. The molecular weight excluding hydrogens is 354 g/mol. The molecule has 2 N–H and O–H groups in total. The summed E-state index contributed by atoms with van der Waals surface area (Å²) in [6.45, 7) is 0. The molecule has 0 unspecified atom stereocenters. The number of aliphatic carboxylic acids is 1. The molecule has 5 nitrogen and oxygen atoms in total. The van der Waals surface area contributed by atoms with E-state index in [4.69, 9.17) is 11.8 Å². The number of rotatable bonds is 4. The van der Waals surface area contributed by atoms with Gasteiger partial charge in [-0.3, -0.25) is 8.88 Å². The molecule has 6 heteroatoms. The maximum atomic E-state index is 11.6. The van der Waals surface area contributed by atoms with E-state index in [0.29, 0.717) is 23.7 Å². The predicted octanol–water partition coefficient (Wildman–Crippen LogP) is 4.51. The quantitative estimate of drug-likeness (QED) is 0.708. The largest absolute Gasteiger partial charge is 0.481 e. The Labute approximate surface area is 154 Å². The van der Waals surface area contributed by atoms with Crippen LogP contribution in [-0.4, -0.2) is 26.2 Å². The molecule has 0 saturated heterocycles. The average molecular weight is 370 g/mol. The normalized spacial score (nSPS) is 15.6. The van der Waals surface area contributed by atoms with Gasteiger partial charge in [-0.15, -0.1) is 0 Å². The molecule has 0 radical (unpaired) electrons. The molecule has 2 aromatic carbocycles. The van der Waals surface area contributed by atoms with Crippen LogP contribution in [0.3, 0.4) is 0 Å². The second-order valence-corrected chi connectivity index (χ2v) is 7.07. The average Bonchev–Trinajstić information content (AvgIpc) is 2.91. The van der Waals surface area contributed by atoms with Crippen LogP contribution in [-0.2, 0) is 10.2 Å². The van der Waals surface area contributed by atoms with Gasteiger partial charge in [0.2, 0.25) is 0 Å². The van der Waals surface area contributed by atoms with Crippen LogP contribution < -0.4 is 0 Å². The minimum atomic E-state index is -1.03. The van der Waals surface area contributed by atoms with Crippen molar-refractivity contribution in [3.63, 3.8) is 0 Å². The lowest BCUT2D eigenvalue weighted by Crippen LogP contribution is -2.42. The van der Waals surface area contributed by atoms with Gasteiger partial charge in [0.1, 0.15) is 0 Å². The highest BCUT2D eigenvalue weighted by molar-refractivity contribution is 6.21. The van der Waals surface area contributed by atoms with Gasteiger partial charge in [0.05, 0.1) is 16.5 Å². The number of fused-ring (bicyclic) bond motifs is 1. The standard InChI is InChI=1S/C20H16ClNO4/c21-22-11-16(18(23)24)15-10-13(4-7-17(15)22)12-2-5-14(6-3-12)20(19(25)26)8-1-9-20/h2-7,10-11H,1,8-9H2,(H,23,24)(H,25,26). The van der Waals surface area contributed by atoms with E-state index in [1.54, 1.807) is 12.1 Å². The summed E-state index contributed by atoms with van der Waals surface area (Å²) in [6, 6.07) is 12.9. The summed E-state index contributed by atoms with van der Waals surface area (Å²) in [5.74, 6) is -1.80. The third kappa shape index (κ3) is 2.39. The molecule has 0 atom stereocenters. The lowest BCUT2D eigenvalue weighted by atomic mass is 9.64. The van der Waals surface area contributed by atoms with Crippen molar-refractivity contribution in [2.24, 2.45) is 0 Å². The molecule has 1 fully saturated rings. The van der Waals surface area contributed by atoms with Crippen molar-refractivity contribution in [2.75, 3.05) is 0 Å². The van der Waals surface area contributed by atoms with E-state index < -0.39 is 17.4 Å². The summed E-state index contributed by atoms with van der Waals surface area (Å²) < 4.78 is 1.28. The van der Waals surface area contributed by atoms with Gasteiger partial charge in [0, 0.05) is 23.4 Å². The fourth-order valence-electron chi connectivity index (χ4n) is 3.68. The third-order valence-corrected chi connectivity index (χ3v) is 5.66. The Balaban J connectivity index is 1.75. The molecule has 1 aliphatic carbocycles. The monoisotopic (exact) mass is 369 g/mol. The van der Waals surface area contributed by atoms with Crippen molar-refractivity contribution >= 4 is 34.6 Å². The van der Waals surface area contributed by atoms with Gasteiger partial charge in [0.25, 0.3) is 0 Å². The Morgan fingerprint density at radius 1 is 1.00 bits per heavy atom. The Morgan fingerprint density at radius 3 is 2.19 bits per heavy atom. The number of nitrogens with zero attached hydrogens (tertiary/aromatic N) is 1. The summed E-state index contributed by atoms with van der Waals surface area (Å²) in [6.07, 6.45) is 3.64. The fraction of sp³-hybridized carbons (Fsp3) is 0.200. The molecule has 0 spiro atoms. The molecule has 4 rings (SSSR count). The van der Waals surface area contributed by atoms with Crippen molar-refractivity contribution in [3.05, 3.63) is 59.8 Å². The van der Waals surface area contributed by atoms with Crippen LogP contribution in [0.5, 0.6) is 0 Å². The lowest BCUT2D eigenvalue weighted by molar-refractivity contribution is -0.147. The highest BCUT2D eigenvalue weighted by atomic mass is 35.5. The Morgan fingerprint density at radius 2 is 1.65 bits per heavy atom. The minimum absolute atomic E-state index is 0.146. The topological polar surface area (TPSA) is 79.5 Å². The summed E-state index contributed by atoms with van der Waals surface area (Å²) in [5, 5.41) is 19.5. The Kier molecular flexibility index (Phi) is 3.77. The van der Waals surface area contributed by atoms with Gasteiger partial charge in [-0.25, -0.2) is 4.79 Å². The second kappa shape index (κ2) is 5.88. The number of carboxylic acid groups (broad SMARTS) is 2. The molecule has 0 aliphatic heterocycles. The van der Waals surface area contributed by atoms with Crippen LogP contribution >= 0.6 is 11.8 Å². The van der Waals surface area contributed by atoms with E-state index in [1.807, 2.05) is 30.3 Å². The van der Waals surface area contributed by atoms with Gasteiger partial charge in [-0.2, -0.15) is 0 Å². The molecule has 0 bridgehead atoms. The zero-order valence-electron chi connectivity index (χ0n) is 13.8. The molecule has 1 aromatic heterocycles. The van der Waals surface area contributed by atoms with Gasteiger partial charge >= 0.3 is 11.9 Å². The zero-order chi connectivity index (χ0) is 18.5.